The lowest BCUT2D eigenvalue weighted by Gasteiger charge is -2.15. The SMILES string of the molecule is COc1ccc(Cn2c(N(C)C)nc3c(Br)c(C(=O)c4cc(F)ccc4Cl)c(Br)cc32)cc1. The highest BCUT2D eigenvalue weighted by atomic mass is 79.9. The summed E-state index contributed by atoms with van der Waals surface area (Å²) in [5.41, 5.74) is 2.93. The molecule has 9 heteroatoms. The third-order valence-corrected chi connectivity index (χ3v) is 6.94. The Balaban J connectivity index is 1.87. The van der Waals surface area contributed by atoms with Gasteiger partial charge in [0, 0.05) is 24.1 Å². The molecule has 1 aromatic heterocycles. The van der Waals surface area contributed by atoms with Crippen molar-refractivity contribution >= 4 is 66.2 Å². The van der Waals surface area contributed by atoms with Crippen LogP contribution >= 0.6 is 43.5 Å². The molecule has 0 saturated heterocycles. The largest absolute Gasteiger partial charge is 0.497 e. The molecule has 5 nitrogen and oxygen atoms in total. The fourth-order valence-corrected chi connectivity index (χ4v) is 5.35. The van der Waals surface area contributed by atoms with Crippen molar-refractivity contribution in [2.45, 2.75) is 6.54 Å². The van der Waals surface area contributed by atoms with Crippen LogP contribution in [0.25, 0.3) is 11.0 Å². The molecule has 4 rings (SSSR count). The maximum absolute atomic E-state index is 13.8. The molecule has 3 aromatic carbocycles. The predicted molar refractivity (Wildman–Crippen MR) is 136 cm³/mol. The molecule has 0 aliphatic carbocycles. The second-order valence-electron chi connectivity index (χ2n) is 7.61. The van der Waals surface area contributed by atoms with Gasteiger partial charge in [0.1, 0.15) is 17.1 Å². The van der Waals surface area contributed by atoms with Crippen molar-refractivity contribution in [2.24, 2.45) is 0 Å². The van der Waals surface area contributed by atoms with Crippen LogP contribution in [0.5, 0.6) is 5.75 Å². The molecular weight excluding hydrogens is 577 g/mol. The van der Waals surface area contributed by atoms with Gasteiger partial charge >= 0.3 is 0 Å². The number of ketones is 1. The van der Waals surface area contributed by atoms with Crippen molar-refractivity contribution in [3.05, 3.63) is 85.0 Å². The minimum absolute atomic E-state index is 0.0860. The van der Waals surface area contributed by atoms with E-state index in [1.54, 1.807) is 7.11 Å². The lowest BCUT2D eigenvalue weighted by Crippen LogP contribution is -2.16. The number of carbonyl (C=O) groups is 1. The second-order valence-corrected chi connectivity index (χ2v) is 9.66. The van der Waals surface area contributed by atoms with Crippen molar-refractivity contribution in [2.75, 3.05) is 26.1 Å². The summed E-state index contributed by atoms with van der Waals surface area (Å²) in [6.45, 7) is 0.565. The van der Waals surface area contributed by atoms with Crippen molar-refractivity contribution in [1.82, 2.24) is 9.55 Å². The van der Waals surface area contributed by atoms with Gasteiger partial charge in [0.2, 0.25) is 5.95 Å². The van der Waals surface area contributed by atoms with Crippen LogP contribution in [0.2, 0.25) is 5.02 Å². The average Bonchev–Trinajstić information content (AvgIpc) is 3.14. The number of halogens is 4. The van der Waals surface area contributed by atoms with E-state index in [1.807, 2.05) is 49.3 Å². The number of hydrogen-bond donors (Lipinski definition) is 0. The number of hydrogen-bond acceptors (Lipinski definition) is 4. The average molecular weight is 596 g/mol. The third-order valence-electron chi connectivity index (χ3n) is 5.22. The normalized spacial score (nSPS) is 11.1. The van der Waals surface area contributed by atoms with Gasteiger partial charge in [-0.1, -0.05) is 23.7 Å². The van der Waals surface area contributed by atoms with Gasteiger partial charge in [-0.15, -0.1) is 0 Å². The van der Waals surface area contributed by atoms with Gasteiger partial charge in [0.15, 0.2) is 5.78 Å². The van der Waals surface area contributed by atoms with Gasteiger partial charge < -0.3 is 14.2 Å². The van der Waals surface area contributed by atoms with Crippen LogP contribution in [0.3, 0.4) is 0 Å². The van der Waals surface area contributed by atoms with Crippen LogP contribution in [0.1, 0.15) is 21.5 Å². The fraction of sp³-hybridized carbons (Fsp3) is 0.167. The number of nitrogens with zero attached hydrogens (tertiary/aromatic N) is 3. The molecule has 0 bridgehead atoms. The fourth-order valence-electron chi connectivity index (χ4n) is 3.60. The summed E-state index contributed by atoms with van der Waals surface area (Å²) in [5, 5.41) is 0.180. The topological polar surface area (TPSA) is 47.4 Å². The van der Waals surface area contributed by atoms with E-state index >= 15 is 0 Å². The molecule has 0 fully saturated rings. The Bertz CT molecular complexity index is 1370. The number of imidazole rings is 1. The lowest BCUT2D eigenvalue weighted by molar-refractivity contribution is 0.103. The van der Waals surface area contributed by atoms with E-state index in [9.17, 15) is 9.18 Å². The van der Waals surface area contributed by atoms with Crippen molar-refractivity contribution < 1.29 is 13.9 Å². The molecule has 170 valence electrons. The zero-order valence-corrected chi connectivity index (χ0v) is 21.9. The Hall–Kier alpha value is -2.42. The Morgan fingerprint density at radius 3 is 2.48 bits per heavy atom. The van der Waals surface area contributed by atoms with E-state index in [4.69, 9.17) is 21.3 Å². The molecule has 0 spiro atoms. The quantitative estimate of drug-likeness (QED) is 0.233. The summed E-state index contributed by atoms with van der Waals surface area (Å²) in [4.78, 5) is 20.0. The predicted octanol–water partition coefficient (Wildman–Crippen LogP) is 6.71. The summed E-state index contributed by atoms with van der Waals surface area (Å²) >= 11 is 13.3. The number of rotatable bonds is 6. The summed E-state index contributed by atoms with van der Waals surface area (Å²) in [7, 11) is 5.45. The monoisotopic (exact) mass is 593 g/mol. The first-order valence-corrected chi connectivity index (χ1v) is 11.9. The van der Waals surface area contributed by atoms with E-state index < -0.39 is 11.6 Å². The zero-order valence-electron chi connectivity index (χ0n) is 18.0. The van der Waals surface area contributed by atoms with E-state index in [0.717, 1.165) is 28.8 Å². The van der Waals surface area contributed by atoms with Crippen LogP contribution in [0, 0.1) is 5.82 Å². The minimum atomic E-state index is -0.533. The number of benzene rings is 3. The molecule has 0 aliphatic rings. The van der Waals surface area contributed by atoms with E-state index in [1.165, 1.54) is 12.1 Å². The van der Waals surface area contributed by atoms with E-state index in [-0.39, 0.29) is 10.6 Å². The Morgan fingerprint density at radius 1 is 1.15 bits per heavy atom. The van der Waals surface area contributed by atoms with Gasteiger partial charge in [-0.3, -0.25) is 4.79 Å². The molecule has 0 aliphatic heterocycles. The number of ether oxygens (including phenoxy) is 1. The third kappa shape index (κ3) is 4.52. The van der Waals surface area contributed by atoms with Crippen molar-refractivity contribution in [3.63, 3.8) is 0 Å². The Morgan fingerprint density at radius 2 is 1.85 bits per heavy atom. The van der Waals surface area contributed by atoms with Gasteiger partial charge in [0.05, 0.1) is 34.2 Å². The molecular formula is C24H19Br2ClFN3O2. The molecule has 33 heavy (non-hydrogen) atoms. The molecule has 0 N–H and O–H groups in total. The summed E-state index contributed by atoms with van der Waals surface area (Å²) in [6, 6.07) is 13.4. The van der Waals surface area contributed by atoms with Gasteiger partial charge in [-0.2, -0.15) is 0 Å². The number of methoxy groups -OCH3 is 1. The first kappa shape index (κ1) is 23.7. The van der Waals surface area contributed by atoms with Crippen LogP contribution < -0.4 is 9.64 Å². The molecule has 0 unspecified atom stereocenters. The highest BCUT2D eigenvalue weighted by Gasteiger charge is 2.25. The highest BCUT2D eigenvalue weighted by molar-refractivity contribution is 9.11. The van der Waals surface area contributed by atoms with E-state index in [0.29, 0.717) is 26.6 Å². The van der Waals surface area contributed by atoms with E-state index in [2.05, 4.69) is 36.4 Å². The smallest absolute Gasteiger partial charge is 0.206 e. The lowest BCUT2D eigenvalue weighted by atomic mass is 10.0. The maximum Gasteiger partial charge on any atom is 0.206 e. The number of anilines is 1. The maximum atomic E-state index is 13.8. The Kier molecular flexibility index (Phi) is 6.79. The van der Waals surface area contributed by atoms with Gasteiger partial charge in [-0.05, 0) is 73.8 Å². The molecule has 0 saturated carbocycles. The second kappa shape index (κ2) is 9.44. The van der Waals surface area contributed by atoms with Gasteiger partial charge in [0.25, 0.3) is 0 Å². The molecule has 0 amide bonds. The summed E-state index contributed by atoms with van der Waals surface area (Å²) in [6.07, 6.45) is 0. The minimum Gasteiger partial charge on any atom is -0.497 e. The zero-order chi connectivity index (χ0) is 23.9. The molecule has 1 heterocycles. The van der Waals surface area contributed by atoms with Crippen LogP contribution in [-0.2, 0) is 6.54 Å². The van der Waals surface area contributed by atoms with Crippen LogP contribution in [0.4, 0.5) is 10.3 Å². The number of aromatic nitrogens is 2. The number of fused-ring (bicyclic) bond motifs is 1. The highest BCUT2D eigenvalue weighted by Crippen LogP contribution is 2.38. The van der Waals surface area contributed by atoms with Crippen molar-refractivity contribution in [3.8, 4) is 5.75 Å². The summed E-state index contributed by atoms with van der Waals surface area (Å²) < 4.78 is 22.2. The first-order valence-electron chi connectivity index (χ1n) is 9.89. The number of carbonyl (C=O) groups excluding carboxylic acids is 1. The van der Waals surface area contributed by atoms with Gasteiger partial charge in [-0.25, -0.2) is 9.37 Å². The van der Waals surface area contributed by atoms with Crippen LogP contribution in [-0.4, -0.2) is 36.5 Å². The molecule has 0 atom stereocenters. The summed E-state index contributed by atoms with van der Waals surface area (Å²) in [5.74, 6) is 0.569. The molecule has 0 radical (unpaired) electrons. The van der Waals surface area contributed by atoms with Crippen LogP contribution in [0.15, 0.2) is 57.5 Å². The Labute approximate surface area is 212 Å². The molecule has 4 aromatic rings. The first-order chi connectivity index (χ1) is 15.7. The van der Waals surface area contributed by atoms with Crippen molar-refractivity contribution in [1.29, 1.82) is 0 Å². The standard InChI is InChI=1S/C24H19Br2ClFN3O2/c1-30(2)24-29-22-19(31(24)12-13-4-7-15(33-3)8-5-13)11-17(25)20(21(22)26)23(32)16-10-14(28)6-9-18(16)27/h4-11H,12H2,1-3H3.